The highest BCUT2D eigenvalue weighted by Gasteiger charge is 2.54. The van der Waals surface area contributed by atoms with E-state index in [4.69, 9.17) is 9.47 Å². The Labute approximate surface area is 84.2 Å². The molecule has 0 saturated carbocycles. The van der Waals surface area contributed by atoms with Gasteiger partial charge in [0.15, 0.2) is 0 Å². The van der Waals surface area contributed by atoms with Crippen molar-refractivity contribution in [3.05, 3.63) is 0 Å². The van der Waals surface area contributed by atoms with Gasteiger partial charge in [-0.3, -0.25) is 4.90 Å². The number of nitrogens with zero attached hydrogens (tertiary/aromatic N) is 1. The van der Waals surface area contributed by atoms with Gasteiger partial charge in [-0.25, -0.2) is 4.79 Å². The van der Waals surface area contributed by atoms with Crippen LogP contribution >= 0.6 is 0 Å². The Morgan fingerprint density at radius 1 is 1.50 bits per heavy atom. The molecule has 2 aliphatic rings. The summed E-state index contributed by atoms with van der Waals surface area (Å²) in [6, 6.07) is 0. The third kappa shape index (κ3) is 1.91. The topological polar surface area (TPSA) is 42.1 Å². The van der Waals surface area contributed by atoms with E-state index in [-0.39, 0.29) is 5.97 Å². The van der Waals surface area contributed by atoms with Gasteiger partial charge in [-0.05, 0) is 32.9 Å². The Hall–Kier alpha value is -0.610. The van der Waals surface area contributed by atoms with Crippen LogP contribution in [-0.2, 0) is 14.3 Å². The van der Waals surface area contributed by atoms with E-state index in [1.165, 1.54) is 12.8 Å². The molecule has 0 aromatic rings. The maximum Gasteiger partial charge on any atom is 0.342 e. The van der Waals surface area contributed by atoms with Crippen LogP contribution in [0, 0.1) is 0 Å². The number of epoxide rings is 1. The molecule has 1 atom stereocenters. The molecule has 2 rings (SSSR count). The molecule has 0 spiro atoms. The summed E-state index contributed by atoms with van der Waals surface area (Å²) < 4.78 is 10.2. The van der Waals surface area contributed by atoms with Crippen LogP contribution in [0.3, 0.4) is 0 Å². The van der Waals surface area contributed by atoms with E-state index in [0.717, 1.165) is 13.1 Å². The summed E-state index contributed by atoms with van der Waals surface area (Å²) in [6.07, 6.45) is 2.47. The largest absolute Gasteiger partial charge is 0.464 e. The molecule has 14 heavy (non-hydrogen) atoms. The van der Waals surface area contributed by atoms with Crippen LogP contribution in [0.25, 0.3) is 0 Å². The molecule has 0 aromatic carbocycles. The molecule has 0 amide bonds. The second kappa shape index (κ2) is 3.87. The third-order valence-corrected chi connectivity index (χ3v) is 2.82. The monoisotopic (exact) mass is 199 g/mol. The quantitative estimate of drug-likeness (QED) is 0.486. The van der Waals surface area contributed by atoms with Crippen LogP contribution < -0.4 is 0 Å². The average molecular weight is 199 g/mol. The summed E-state index contributed by atoms with van der Waals surface area (Å²) >= 11 is 0. The number of carbonyl (C=O) groups excluding carboxylic acids is 1. The molecule has 2 fully saturated rings. The lowest BCUT2D eigenvalue weighted by atomic mass is 10.1. The van der Waals surface area contributed by atoms with Gasteiger partial charge in [-0.15, -0.1) is 0 Å². The van der Waals surface area contributed by atoms with Crippen LogP contribution in [0.15, 0.2) is 0 Å². The van der Waals surface area contributed by atoms with Crippen LogP contribution in [0.2, 0.25) is 0 Å². The normalized spacial score (nSPS) is 31.8. The van der Waals surface area contributed by atoms with Gasteiger partial charge in [0.25, 0.3) is 0 Å². The first-order valence-electron chi connectivity index (χ1n) is 5.30. The Balaban J connectivity index is 1.85. The number of carbonyl (C=O) groups is 1. The molecule has 0 bridgehead atoms. The summed E-state index contributed by atoms with van der Waals surface area (Å²) in [5, 5.41) is 0. The predicted molar refractivity (Wildman–Crippen MR) is 51.0 cm³/mol. The fourth-order valence-electron chi connectivity index (χ4n) is 1.93. The van der Waals surface area contributed by atoms with Crippen LogP contribution in [-0.4, -0.2) is 49.3 Å². The fraction of sp³-hybridized carbons (Fsp3) is 0.900. The summed E-state index contributed by atoms with van der Waals surface area (Å²) in [4.78, 5) is 13.8. The van der Waals surface area contributed by atoms with Crippen molar-refractivity contribution in [2.75, 3.05) is 32.8 Å². The van der Waals surface area contributed by atoms with Crippen LogP contribution in [0.5, 0.6) is 0 Å². The zero-order valence-electron chi connectivity index (χ0n) is 8.62. The second-order valence-electron chi connectivity index (χ2n) is 3.99. The fourth-order valence-corrected chi connectivity index (χ4v) is 1.93. The van der Waals surface area contributed by atoms with Crippen LogP contribution in [0.4, 0.5) is 0 Å². The van der Waals surface area contributed by atoms with Crippen molar-refractivity contribution in [2.45, 2.75) is 25.4 Å². The molecular formula is C10H17NO3. The molecule has 4 heteroatoms. The molecule has 0 aliphatic carbocycles. The molecule has 2 saturated heterocycles. The molecule has 80 valence electrons. The summed E-state index contributed by atoms with van der Waals surface area (Å²) in [5.74, 6) is -0.188. The molecule has 2 aliphatic heterocycles. The zero-order valence-corrected chi connectivity index (χ0v) is 8.62. The van der Waals surface area contributed by atoms with E-state index in [0.29, 0.717) is 19.8 Å². The highest BCUT2D eigenvalue weighted by molar-refractivity contribution is 5.82. The van der Waals surface area contributed by atoms with Crippen molar-refractivity contribution in [3.63, 3.8) is 0 Å². The van der Waals surface area contributed by atoms with E-state index in [2.05, 4.69) is 4.90 Å². The Bertz CT molecular complexity index is 219. The summed E-state index contributed by atoms with van der Waals surface area (Å²) in [6.45, 7) is 5.68. The first kappa shape index (κ1) is 9.93. The van der Waals surface area contributed by atoms with E-state index in [1.54, 1.807) is 0 Å². The number of esters is 1. The lowest BCUT2D eigenvalue weighted by Crippen LogP contribution is -2.39. The average Bonchev–Trinajstić information content (AvgIpc) is 2.75. The van der Waals surface area contributed by atoms with Crippen molar-refractivity contribution in [1.29, 1.82) is 0 Å². The molecule has 0 aromatic heterocycles. The Kier molecular flexibility index (Phi) is 2.74. The van der Waals surface area contributed by atoms with Crippen molar-refractivity contribution < 1.29 is 14.3 Å². The molecule has 2 heterocycles. The Morgan fingerprint density at radius 3 is 2.64 bits per heavy atom. The number of likely N-dealkylation sites (tertiary alicyclic amines) is 1. The van der Waals surface area contributed by atoms with Crippen molar-refractivity contribution >= 4 is 5.97 Å². The number of hydrogen-bond acceptors (Lipinski definition) is 4. The number of ether oxygens (including phenoxy) is 2. The van der Waals surface area contributed by atoms with Gasteiger partial charge < -0.3 is 9.47 Å². The summed E-state index contributed by atoms with van der Waals surface area (Å²) in [5.41, 5.74) is -0.611. The second-order valence-corrected chi connectivity index (χ2v) is 3.99. The SMILES string of the molecule is CCOC(=O)C1(CN2CCCC2)CO1. The van der Waals surface area contributed by atoms with Crippen molar-refractivity contribution in [3.8, 4) is 0 Å². The van der Waals surface area contributed by atoms with E-state index in [9.17, 15) is 4.79 Å². The van der Waals surface area contributed by atoms with Gasteiger partial charge in [-0.1, -0.05) is 0 Å². The highest BCUT2D eigenvalue weighted by atomic mass is 16.6. The minimum Gasteiger partial charge on any atom is -0.464 e. The van der Waals surface area contributed by atoms with Crippen LogP contribution in [0.1, 0.15) is 19.8 Å². The number of rotatable bonds is 4. The molecule has 0 radical (unpaired) electrons. The summed E-state index contributed by atoms with van der Waals surface area (Å²) in [7, 11) is 0. The van der Waals surface area contributed by atoms with E-state index < -0.39 is 5.60 Å². The highest BCUT2D eigenvalue weighted by Crippen LogP contribution is 2.30. The predicted octanol–water partition coefficient (Wildman–Crippen LogP) is 0.414. The minimum absolute atomic E-state index is 0.188. The molecule has 4 nitrogen and oxygen atoms in total. The minimum atomic E-state index is -0.611. The maximum absolute atomic E-state index is 11.5. The van der Waals surface area contributed by atoms with E-state index in [1.807, 2.05) is 6.92 Å². The van der Waals surface area contributed by atoms with Gasteiger partial charge in [0.2, 0.25) is 5.60 Å². The van der Waals surface area contributed by atoms with Gasteiger partial charge in [0.05, 0.1) is 13.2 Å². The van der Waals surface area contributed by atoms with Crippen molar-refractivity contribution in [2.24, 2.45) is 0 Å². The van der Waals surface area contributed by atoms with Crippen molar-refractivity contribution in [1.82, 2.24) is 4.90 Å². The lowest BCUT2D eigenvalue weighted by molar-refractivity contribution is -0.150. The standard InChI is InChI=1S/C10H17NO3/c1-2-13-9(12)10(8-14-10)7-11-5-3-4-6-11/h2-8H2,1H3. The number of hydrogen-bond donors (Lipinski definition) is 0. The van der Waals surface area contributed by atoms with Gasteiger partial charge in [-0.2, -0.15) is 0 Å². The van der Waals surface area contributed by atoms with E-state index >= 15 is 0 Å². The first-order valence-corrected chi connectivity index (χ1v) is 5.30. The van der Waals surface area contributed by atoms with Gasteiger partial charge in [0, 0.05) is 6.54 Å². The first-order chi connectivity index (χ1) is 6.77. The Morgan fingerprint density at radius 2 is 2.14 bits per heavy atom. The smallest absolute Gasteiger partial charge is 0.342 e. The van der Waals surface area contributed by atoms with Gasteiger partial charge >= 0.3 is 5.97 Å². The maximum atomic E-state index is 11.5. The van der Waals surface area contributed by atoms with Gasteiger partial charge in [0.1, 0.15) is 0 Å². The molecule has 0 N–H and O–H groups in total. The third-order valence-electron chi connectivity index (χ3n) is 2.82. The molecular weight excluding hydrogens is 182 g/mol. The molecule has 1 unspecified atom stereocenters. The lowest BCUT2D eigenvalue weighted by Gasteiger charge is -2.18. The zero-order chi connectivity index (χ0) is 10.0.